The van der Waals surface area contributed by atoms with E-state index in [1.807, 2.05) is 61.5 Å². The Balaban J connectivity index is 1.62. The van der Waals surface area contributed by atoms with Gasteiger partial charge in [0.15, 0.2) is 0 Å². The van der Waals surface area contributed by atoms with E-state index >= 15 is 0 Å². The lowest BCUT2D eigenvalue weighted by atomic mass is 10.0. The van der Waals surface area contributed by atoms with Crippen molar-refractivity contribution in [2.75, 3.05) is 20.3 Å². The minimum absolute atomic E-state index is 0.174. The van der Waals surface area contributed by atoms with Gasteiger partial charge in [-0.2, -0.15) is 0 Å². The molecule has 1 amide bonds. The molecule has 6 heteroatoms. The molecule has 0 aliphatic carbocycles. The number of hydrogen-bond donors (Lipinski definition) is 2. The number of aromatic nitrogens is 1. The van der Waals surface area contributed by atoms with Crippen LogP contribution in [0.1, 0.15) is 42.7 Å². The van der Waals surface area contributed by atoms with E-state index in [9.17, 15) is 9.90 Å². The first-order chi connectivity index (χ1) is 17.4. The van der Waals surface area contributed by atoms with Gasteiger partial charge in [-0.25, -0.2) is 0 Å². The molecule has 1 aromatic heterocycles. The third kappa shape index (κ3) is 5.39. The first kappa shape index (κ1) is 25.3. The molecule has 0 saturated carbocycles. The molecule has 36 heavy (non-hydrogen) atoms. The Hall–Kier alpha value is -3.77. The summed E-state index contributed by atoms with van der Waals surface area (Å²) < 4.78 is 13.3. The van der Waals surface area contributed by atoms with Gasteiger partial charge in [-0.1, -0.05) is 36.4 Å². The smallest absolute Gasteiger partial charge is 0.255 e. The maximum Gasteiger partial charge on any atom is 0.255 e. The lowest BCUT2D eigenvalue weighted by Gasteiger charge is -2.18. The average molecular weight is 487 g/mol. The van der Waals surface area contributed by atoms with Crippen LogP contribution in [0.3, 0.4) is 0 Å². The number of carbonyl (C=O) groups excluding carboxylic acids is 1. The molecule has 4 rings (SSSR count). The van der Waals surface area contributed by atoms with Gasteiger partial charge in [0.1, 0.15) is 11.5 Å². The number of fused-ring (bicyclic) bond motifs is 1. The number of methoxy groups -OCH3 is 1. The monoisotopic (exact) mass is 486 g/mol. The van der Waals surface area contributed by atoms with Crippen LogP contribution in [0.25, 0.3) is 22.0 Å². The van der Waals surface area contributed by atoms with E-state index in [1.165, 1.54) is 0 Å². The highest BCUT2D eigenvalue weighted by atomic mass is 16.5. The van der Waals surface area contributed by atoms with Crippen molar-refractivity contribution in [3.63, 3.8) is 0 Å². The molecule has 1 heterocycles. The van der Waals surface area contributed by atoms with Crippen LogP contribution in [0.5, 0.6) is 11.5 Å². The summed E-state index contributed by atoms with van der Waals surface area (Å²) in [5.41, 5.74) is 4.49. The highest BCUT2D eigenvalue weighted by Gasteiger charge is 2.20. The quantitative estimate of drug-likeness (QED) is 0.305. The average Bonchev–Trinajstić information content (AvgIpc) is 3.27. The number of aliphatic hydroxyl groups excluding tert-OH is 1. The summed E-state index contributed by atoms with van der Waals surface area (Å²) in [6.07, 6.45) is 2.64. The number of carbonyl (C=O) groups is 1. The molecule has 188 valence electrons. The number of ether oxygens (including phenoxy) is 2. The maximum atomic E-state index is 13.5. The summed E-state index contributed by atoms with van der Waals surface area (Å²) in [5, 5.41) is 14.3. The summed E-state index contributed by atoms with van der Waals surface area (Å²) in [4.78, 5) is 13.5. The van der Waals surface area contributed by atoms with E-state index < -0.39 is 6.04 Å². The van der Waals surface area contributed by atoms with Crippen molar-refractivity contribution >= 4 is 16.8 Å². The Labute approximate surface area is 212 Å². The van der Waals surface area contributed by atoms with Crippen molar-refractivity contribution in [1.29, 1.82) is 0 Å². The second kappa shape index (κ2) is 11.3. The Bertz CT molecular complexity index is 1340. The zero-order valence-electron chi connectivity index (χ0n) is 21.3. The summed E-state index contributed by atoms with van der Waals surface area (Å²) >= 11 is 0. The molecule has 3 aromatic carbocycles. The first-order valence-corrected chi connectivity index (χ1v) is 12.4. The Kier molecular flexibility index (Phi) is 7.96. The molecule has 4 aromatic rings. The van der Waals surface area contributed by atoms with Crippen LogP contribution in [0, 0.1) is 0 Å². The zero-order valence-corrected chi connectivity index (χ0v) is 21.3. The lowest BCUT2D eigenvalue weighted by Crippen LogP contribution is -2.39. The third-order valence-electron chi connectivity index (χ3n) is 6.33. The van der Waals surface area contributed by atoms with Crippen LogP contribution in [0.15, 0.2) is 72.9 Å². The fourth-order valence-electron chi connectivity index (χ4n) is 4.53. The summed E-state index contributed by atoms with van der Waals surface area (Å²) in [6, 6.07) is 21.4. The van der Waals surface area contributed by atoms with E-state index in [1.54, 1.807) is 7.11 Å². The highest BCUT2D eigenvalue weighted by Crippen LogP contribution is 2.30. The molecule has 0 unspecified atom stereocenters. The molecular weight excluding hydrogens is 452 g/mol. The fourth-order valence-corrected chi connectivity index (χ4v) is 4.53. The largest absolute Gasteiger partial charge is 0.497 e. The topological polar surface area (TPSA) is 72.7 Å². The van der Waals surface area contributed by atoms with Gasteiger partial charge in [-0.05, 0) is 74.2 Å². The van der Waals surface area contributed by atoms with E-state index in [-0.39, 0.29) is 12.5 Å². The number of amides is 1. The van der Waals surface area contributed by atoms with Crippen LogP contribution >= 0.6 is 0 Å². The second-order valence-corrected chi connectivity index (χ2v) is 9.11. The fraction of sp³-hybridized carbons (Fsp3) is 0.300. The normalized spacial score (nSPS) is 12.1. The minimum Gasteiger partial charge on any atom is -0.497 e. The molecule has 0 aliphatic heterocycles. The SMILES string of the molecule is CCOc1ccc(-c2cccc(OC)c2)cc1C(=O)N[C@@H](CO)Cc1cn(C(C)C)c2ccccc12. The molecule has 1 atom stereocenters. The van der Waals surface area contributed by atoms with Gasteiger partial charge < -0.3 is 24.5 Å². The third-order valence-corrected chi connectivity index (χ3v) is 6.33. The standard InChI is InChI=1S/C30H34N2O4/c1-5-36-29-14-13-22(21-9-8-10-25(16-21)35-4)17-27(29)30(34)31-24(19-33)15-23-18-32(20(2)3)28-12-7-6-11-26(23)28/h6-14,16-18,20,24,33H,5,15,19H2,1-4H3,(H,31,34)/t24-/m1/s1. The van der Waals surface area contributed by atoms with Crippen LogP contribution in [0.2, 0.25) is 0 Å². The van der Waals surface area contributed by atoms with Gasteiger partial charge in [-0.15, -0.1) is 0 Å². The molecule has 0 fully saturated rings. The Morgan fingerprint density at radius 3 is 2.53 bits per heavy atom. The Morgan fingerprint density at radius 2 is 1.81 bits per heavy atom. The van der Waals surface area contributed by atoms with E-state index in [4.69, 9.17) is 9.47 Å². The first-order valence-electron chi connectivity index (χ1n) is 12.4. The van der Waals surface area contributed by atoms with E-state index in [0.717, 1.165) is 33.3 Å². The summed E-state index contributed by atoms with van der Waals surface area (Å²) in [6.45, 7) is 6.44. The van der Waals surface area contributed by atoms with Gasteiger partial charge >= 0.3 is 0 Å². The van der Waals surface area contributed by atoms with Gasteiger partial charge in [0.2, 0.25) is 0 Å². The van der Waals surface area contributed by atoms with Gasteiger partial charge in [-0.3, -0.25) is 4.79 Å². The summed E-state index contributed by atoms with van der Waals surface area (Å²) in [7, 11) is 1.63. The predicted octanol–water partition coefficient (Wildman–Crippen LogP) is 5.63. The maximum absolute atomic E-state index is 13.5. The van der Waals surface area contributed by atoms with Crippen molar-refractivity contribution in [3.05, 3.63) is 84.1 Å². The van der Waals surface area contributed by atoms with Crippen molar-refractivity contribution in [3.8, 4) is 22.6 Å². The number of hydrogen-bond acceptors (Lipinski definition) is 4. The van der Waals surface area contributed by atoms with Crippen LogP contribution < -0.4 is 14.8 Å². The van der Waals surface area contributed by atoms with Crippen LogP contribution in [0.4, 0.5) is 0 Å². The lowest BCUT2D eigenvalue weighted by molar-refractivity contribution is 0.0913. The van der Waals surface area contributed by atoms with Gasteiger partial charge in [0.05, 0.1) is 31.9 Å². The number of nitrogens with zero attached hydrogens (tertiary/aromatic N) is 1. The number of aliphatic hydroxyl groups is 1. The predicted molar refractivity (Wildman–Crippen MR) is 144 cm³/mol. The number of nitrogens with one attached hydrogen (secondary N) is 1. The second-order valence-electron chi connectivity index (χ2n) is 9.11. The molecule has 0 bridgehead atoms. The summed E-state index contributed by atoms with van der Waals surface area (Å²) in [5.74, 6) is 0.970. The number of rotatable bonds is 10. The van der Waals surface area contributed by atoms with Crippen molar-refractivity contribution < 1.29 is 19.4 Å². The van der Waals surface area contributed by atoms with E-state index in [0.29, 0.717) is 30.4 Å². The van der Waals surface area contributed by atoms with Gasteiger partial charge in [0.25, 0.3) is 5.91 Å². The van der Waals surface area contributed by atoms with Crippen molar-refractivity contribution in [1.82, 2.24) is 9.88 Å². The molecule has 0 radical (unpaired) electrons. The van der Waals surface area contributed by atoms with Crippen molar-refractivity contribution in [2.45, 2.75) is 39.3 Å². The molecule has 0 saturated heterocycles. The number of benzene rings is 3. The molecule has 0 spiro atoms. The van der Waals surface area contributed by atoms with E-state index in [2.05, 4.69) is 42.1 Å². The molecule has 2 N–H and O–H groups in total. The van der Waals surface area contributed by atoms with Crippen molar-refractivity contribution in [2.24, 2.45) is 0 Å². The zero-order chi connectivity index (χ0) is 25.7. The molecular formula is C30H34N2O4. The van der Waals surface area contributed by atoms with Crippen LogP contribution in [-0.2, 0) is 6.42 Å². The highest BCUT2D eigenvalue weighted by molar-refractivity contribution is 5.98. The molecule has 6 nitrogen and oxygen atoms in total. The molecule has 0 aliphatic rings. The Morgan fingerprint density at radius 1 is 1.03 bits per heavy atom. The number of para-hydroxylation sites is 1. The van der Waals surface area contributed by atoms with Crippen LogP contribution in [-0.4, -0.2) is 41.9 Å². The van der Waals surface area contributed by atoms with Gasteiger partial charge in [0, 0.05) is 23.1 Å². The minimum atomic E-state index is -0.445.